The van der Waals surface area contributed by atoms with Gasteiger partial charge in [-0.25, -0.2) is 9.40 Å². The zero-order chi connectivity index (χ0) is 20.0. The predicted octanol–water partition coefficient (Wildman–Crippen LogP) is 5.73. The Hall–Kier alpha value is -3.05. The molecule has 0 radical (unpaired) electrons. The summed E-state index contributed by atoms with van der Waals surface area (Å²) in [4.78, 5) is 0. The fourth-order valence-electron chi connectivity index (χ4n) is 3.95. The lowest BCUT2D eigenvalue weighted by molar-refractivity contribution is -0.0203. The first-order valence-corrected chi connectivity index (χ1v) is 9.72. The molecule has 5 rings (SSSR count). The molecule has 4 nitrogen and oxygen atoms in total. The molecule has 0 fully saturated rings. The Balaban J connectivity index is 1.62. The number of methoxy groups -OCH3 is 1. The van der Waals surface area contributed by atoms with Crippen LogP contribution in [0.3, 0.4) is 0 Å². The summed E-state index contributed by atoms with van der Waals surface area (Å²) in [6.45, 7) is 0. The fraction of sp³-hybridized carbons (Fsp3) is 0.174. The maximum absolute atomic E-state index is 13.4. The number of hydrogen-bond donors (Lipinski definition) is 0. The molecule has 29 heavy (non-hydrogen) atoms. The SMILES string of the molecule is COc1ccccc1[C@H]1Oc2ccc(Cl)cc2[C@H]2CC(c3ccc(F)cc3)=NN21. The first kappa shape index (κ1) is 18.0. The molecular formula is C23H18ClFN2O2. The van der Waals surface area contributed by atoms with Crippen LogP contribution in [0.5, 0.6) is 11.5 Å². The van der Waals surface area contributed by atoms with Crippen molar-refractivity contribution in [2.24, 2.45) is 5.10 Å². The molecule has 0 aromatic heterocycles. The van der Waals surface area contributed by atoms with Crippen molar-refractivity contribution in [2.75, 3.05) is 7.11 Å². The molecule has 0 amide bonds. The Morgan fingerprint density at radius 3 is 2.66 bits per heavy atom. The maximum atomic E-state index is 13.4. The van der Waals surface area contributed by atoms with Crippen LogP contribution >= 0.6 is 11.6 Å². The second-order valence-electron chi connectivity index (χ2n) is 7.05. The van der Waals surface area contributed by atoms with Crippen LogP contribution in [-0.2, 0) is 0 Å². The zero-order valence-electron chi connectivity index (χ0n) is 15.7. The van der Waals surface area contributed by atoms with Gasteiger partial charge in [0.2, 0.25) is 6.23 Å². The van der Waals surface area contributed by atoms with Crippen LogP contribution in [0.25, 0.3) is 0 Å². The maximum Gasteiger partial charge on any atom is 0.217 e. The number of nitrogens with zero attached hydrogens (tertiary/aromatic N) is 2. The predicted molar refractivity (Wildman–Crippen MR) is 110 cm³/mol. The number of ether oxygens (including phenoxy) is 2. The molecule has 0 spiro atoms. The van der Waals surface area contributed by atoms with Crippen LogP contribution in [0.1, 0.15) is 35.4 Å². The largest absolute Gasteiger partial charge is 0.496 e. The number of rotatable bonds is 3. The molecule has 2 heterocycles. The van der Waals surface area contributed by atoms with Crippen molar-refractivity contribution in [1.29, 1.82) is 0 Å². The van der Waals surface area contributed by atoms with E-state index in [2.05, 4.69) is 0 Å². The number of hydrazone groups is 1. The summed E-state index contributed by atoms with van der Waals surface area (Å²) in [7, 11) is 1.64. The molecule has 0 aliphatic carbocycles. The topological polar surface area (TPSA) is 34.1 Å². The lowest BCUT2D eigenvalue weighted by atomic mass is 9.96. The second-order valence-corrected chi connectivity index (χ2v) is 7.48. The Kier molecular flexibility index (Phi) is 4.40. The number of fused-ring (bicyclic) bond motifs is 3. The molecule has 2 aliphatic rings. The summed E-state index contributed by atoms with van der Waals surface area (Å²) >= 11 is 6.27. The van der Waals surface area contributed by atoms with Crippen molar-refractivity contribution in [3.63, 3.8) is 0 Å². The molecule has 0 unspecified atom stereocenters. The minimum absolute atomic E-state index is 0.0348. The normalized spacial score (nSPS) is 19.8. The van der Waals surface area contributed by atoms with E-state index in [0.29, 0.717) is 11.4 Å². The molecule has 0 bridgehead atoms. The number of benzene rings is 3. The molecule has 146 valence electrons. The van der Waals surface area contributed by atoms with Gasteiger partial charge in [0.25, 0.3) is 0 Å². The molecular weight excluding hydrogens is 391 g/mol. The van der Waals surface area contributed by atoms with Crippen molar-refractivity contribution in [3.05, 3.63) is 94.3 Å². The van der Waals surface area contributed by atoms with Crippen LogP contribution in [0.4, 0.5) is 4.39 Å². The van der Waals surface area contributed by atoms with Crippen LogP contribution in [0.15, 0.2) is 71.8 Å². The molecule has 3 aromatic rings. The van der Waals surface area contributed by atoms with E-state index in [1.807, 2.05) is 47.5 Å². The Labute approximate surface area is 173 Å². The highest BCUT2D eigenvalue weighted by atomic mass is 35.5. The number of halogens is 2. The van der Waals surface area contributed by atoms with E-state index in [1.165, 1.54) is 12.1 Å². The van der Waals surface area contributed by atoms with Crippen molar-refractivity contribution >= 4 is 17.3 Å². The Bertz CT molecular complexity index is 1100. The number of hydrogen-bond acceptors (Lipinski definition) is 4. The second kappa shape index (κ2) is 7.08. The van der Waals surface area contributed by atoms with Gasteiger partial charge in [0.1, 0.15) is 17.3 Å². The highest BCUT2D eigenvalue weighted by molar-refractivity contribution is 6.30. The van der Waals surface area contributed by atoms with E-state index in [9.17, 15) is 4.39 Å². The van der Waals surface area contributed by atoms with Gasteiger partial charge in [-0.1, -0.05) is 35.9 Å². The van der Waals surface area contributed by atoms with E-state index in [4.69, 9.17) is 26.2 Å². The van der Waals surface area contributed by atoms with E-state index in [-0.39, 0.29) is 11.9 Å². The lowest BCUT2D eigenvalue weighted by Gasteiger charge is -2.38. The van der Waals surface area contributed by atoms with Crippen LogP contribution in [0.2, 0.25) is 5.02 Å². The van der Waals surface area contributed by atoms with Crippen LogP contribution in [0, 0.1) is 5.82 Å². The van der Waals surface area contributed by atoms with Gasteiger partial charge >= 0.3 is 0 Å². The Morgan fingerprint density at radius 1 is 1.07 bits per heavy atom. The zero-order valence-corrected chi connectivity index (χ0v) is 16.4. The van der Waals surface area contributed by atoms with Crippen molar-refractivity contribution in [2.45, 2.75) is 18.7 Å². The summed E-state index contributed by atoms with van der Waals surface area (Å²) in [6, 6.07) is 19.8. The smallest absolute Gasteiger partial charge is 0.217 e. The van der Waals surface area contributed by atoms with Gasteiger partial charge < -0.3 is 9.47 Å². The molecule has 2 aliphatic heterocycles. The third-order valence-corrected chi connectivity index (χ3v) is 5.57. The first-order chi connectivity index (χ1) is 14.1. The van der Waals surface area contributed by atoms with Gasteiger partial charge in [-0.2, -0.15) is 5.10 Å². The van der Waals surface area contributed by atoms with E-state index in [0.717, 1.165) is 33.9 Å². The van der Waals surface area contributed by atoms with Gasteiger partial charge in [-0.05, 0) is 48.0 Å². The standard InChI is InChI=1S/C23H18ClFN2O2/c1-28-21-5-3-2-4-17(21)23-27-20(18-12-15(24)8-11-22(18)29-23)13-19(26-27)14-6-9-16(25)10-7-14/h2-12,20,23H,13H2,1H3/t20-,23-/m1/s1. The minimum atomic E-state index is -0.442. The minimum Gasteiger partial charge on any atom is -0.496 e. The molecule has 0 saturated carbocycles. The summed E-state index contributed by atoms with van der Waals surface area (Å²) in [5.74, 6) is 1.25. The molecule has 6 heteroatoms. The molecule has 0 N–H and O–H groups in total. The third-order valence-electron chi connectivity index (χ3n) is 5.33. The van der Waals surface area contributed by atoms with Crippen LogP contribution in [-0.4, -0.2) is 17.8 Å². The van der Waals surface area contributed by atoms with Gasteiger partial charge in [-0.15, -0.1) is 0 Å². The van der Waals surface area contributed by atoms with Crippen LogP contribution < -0.4 is 9.47 Å². The molecule has 3 aromatic carbocycles. The number of para-hydroxylation sites is 1. The van der Waals surface area contributed by atoms with E-state index >= 15 is 0 Å². The van der Waals surface area contributed by atoms with Crippen molar-refractivity contribution in [1.82, 2.24) is 5.01 Å². The van der Waals surface area contributed by atoms with Gasteiger partial charge in [-0.3, -0.25) is 0 Å². The summed E-state index contributed by atoms with van der Waals surface area (Å²) in [5, 5.41) is 7.48. The average Bonchev–Trinajstić information content (AvgIpc) is 3.19. The average molecular weight is 409 g/mol. The van der Waals surface area contributed by atoms with E-state index < -0.39 is 6.23 Å². The summed E-state index contributed by atoms with van der Waals surface area (Å²) in [5.41, 5.74) is 3.66. The van der Waals surface area contributed by atoms with Gasteiger partial charge in [0.15, 0.2) is 0 Å². The van der Waals surface area contributed by atoms with E-state index in [1.54, 1.807) is 19.2 Å². The molecule has 2 atom stereocenters. The third kappa shape index (κ3) is 3.12. The van der Waals surface area contributed by atoms with Crippen molar-refractivity contribution in [3.8, 4) is 11.5 Å². The first-order valence-electron chi connectivity index (χ1n) is 9.35. The quantitative estimate of drug-likeness (QED) is 0.555. The summed E-state index contributed by atoms with van der Waals surface area (Å²) in [6.07, 6.45) is 0.233. The van der Waals surface area contributed by atoms with Gasteiger partial charge in [0, 0.05) is 17.0 Å². The monoisotopic (exact) mass is 408 g/mol. The van der Waals surface area contributed by atoms with Crippen molar-refractivity contribution < 1.29 is 13.9 Å². The Morgan fingerprint density at radius 2 is 1.86 bits per heavy atom. The lowest BCUT2D eigenvalue weighted by Crippen LogP contribution is -2.33. The van der Waals surface area contributed by atoms with Gasteiger partial charge in [0.05, 0.1) is 24.4 Å². The highest BCUT2D eigenvalue weighted by Crippen LogP contribution is 2.49. The fourth-order valence-corrected chi connectivity index (χ4v) is 4.13. The molecule has 0 saturated heterocycles. The highest BCUT2D eigenvalue weighted by Gasteiger charge is 2.42. The summed E-state index contributed by atoms with van der Waals surface area (Å²) < 4.78 is 25.3.